The molecule has 1 aromatic carbocycles. The van der Waals surface area contributed by atoms with E-state index in [1.165, 1.54) is 44.0 Å². The molecule has 0 saturated carbocycles. The van der Waals surface area contributed by atoms with Crippen LogP contribution in [0.2, 0.25) is 0 Å². The first-order chi connectivity index (χ1) is 11.8. The Balaban J connectivity index is 1.60. The Bertz CT molecular complexity index is 424. The van der Waals surface area contributed by atoms with Gasteiger partial charge in [0.15, 0.2) is 0 Å². The number of rotatable bonds is 11. The van der Waals surface area contributed by atoms with E-state index in [0.29, 0.717) is 6.04 Å². The van der Waals surface area contributed by atoms with Gasteiger partial charge in [-0.15, -0.1) is 11.8 Å². The number of thioether (sulfide) groups is 1. The first-order valence-electron chi connectivity index (χ1n) is 9.19. The molecule has 1 aromatic rings. The average Bonchev–Trinajstić information content (AvgIpc) is 2.64. The van der Waals surface area contributed by atoms with Gasteiger partial charge in [0.1, 0.15) is 0 Å². The van der Waals surface area contributed by atoms with Crippen LogP contribution in [0.15, 0.2) is 35.2 Å². The highest BCUT2D eigenvalue weighted by molar-refractivity contribution is 7.99. The highest BCUT2D eigenvalue weighted by Crippen LogP contribution is 2.19. The number of nitrogens with one attached hydrogen (secondary N) is 1. The third-order valence-corrected chi connectivity index (χ3v) is 5.79. The van der Waals surface area contributed by atoms with Gasteiger partial charge in [-0.25, -0.2) is 0 Å². The minimum Gasteiger partial charge on any atom is -0.380 e. The summed E-state index contributed by atoms with van der Waals surface area (Å²) in [5, 5.41) is 3.48. The second kappa shape index (κ2) is 11.9. The van der Waals surface area contributed by atoms with Gasteiger partial charge in [0.25, 0.3) is 0 Å². The molecule has 4 nitrogen and oxygen atoms in total. The summed E-state index contributed by atoms with van der Waals surface area (Å²) in [7, 11) is 2.09. The van der Waals surface area contributed by atoms with Gasteiger partial charge in [-0.1, -0.05) is 18.2 Å². The number of hydrogen-bond donors (Lipinski definition) is 1. The molecule has 1 heterocycles. The Hall–Kier alpha value is -0.590. The Labute approximate surface area is 151 Å². The van der Waals surface area contributed by atoms with E-state index in [0.717, 1.165) is 25.5 Å². The maximum atomic E-state index is 5.45. The number of ether oxygens (including phenoxy) is 1. The van der Waals surface area contributed by atoms with Crippen LogP contribution in [0.1, 0.15) is 13.3 Å². The van der Waals surface area contributed by atoms with Crippen molar-refractivity contribution in [3.8, 4) is 0 Å². The van der Waals surface area contributed by atoms with Crippen LogP contribution in [0.25, 0.3) is 0 Å². The van der Waals surface area contributed by atoms with Gasteiger partial charge in [0.05, 0.1) is 6.61 Å². The third-order valence-electron chi connectivity index (χ3n) is 4.62. The van der Waals surface area contributed by atoms with Crippen molar-refractivity contribution in [2.75, 3.05) is 65.3 Å². The molecule has 0 radical (unpaired) electrons. The fraction of sp³-hybridized carbons (Fsp3) is 0.684. The van der Waals surface area contributed by atoms with Crippen molar-refractivity contribution in [1.29, 1.82) is 0 Å². The number of hydrogen-bond acceptors (Lipinski definition) is 5. The summed E-state index contributed by atoms with van der Waals surface area (Å²) in [5.74, 6) is 1.13. The molecule has 1 saturated heterocycles. The average molecular weight is 352 g/mol. The van der Waals surface area contributed by atoms with Crippen molar-refractivity contribution in [2.24, 2.45) is 0 Å². The number of nitrogens with zero attached hydrogens (tertiary/aromatic N) is 2. The van der Waals surface area contributed by atoms with Crippen LogP contribution >= 0.6 is 11.8 Å². The quantitative estimate of drug-likeness (QED) is 0.488. The molecule has 0 aliphatic carbocycles. The van der Waals surface area contributed by atoms with Crippen LogP contribution in [0.5, 0.6) is 0 Å². The highest BCUT2D eigenvalue weighted by Gasteiger charge is 2.17. The molecule has 2 rings (SSSR count). The molecule has 1 atom stereocenters. The zero-order valence-corrected chi connectivity index (χ0v) is 16.1. The first-order valence-corrected chi connectivity index (χ1v) is 10.2. The standard InChI is InChI=1S/C19H33N3OS/c1-3-23-16-15-22-13-11-21(12-14-22)10-9-18(20-2)17-24-19-7-5-4-6-8-19/h4-8,18,20H,3,9-17H2,1-2H3. The maximum Gasteiger partial charge on any atom is 0.0593 e. The van der Waals surface area contributed by atoms with Gasteiger partial charge in [-0.2, -0.15) is 0 Å². The molecule has 1 aliphatic heterocycles. The molecular formula is C19H33N3OS. The SMILES string of the molecule is CCOCCN1CCN(CCC(CSc2ccccc2)NC)CC1. The molecule has 24 heavy (non-hydrogen) atoms. The van der Waals surface area contributed by atoms with Gasteiger partial charge in [-0.3, -0.25) is 4.90 Å². The van der Waals surface area contributed by atoms with E-state index in [9.17, 15) is 0 Å². The van der Waals surface area contributed by atoms with E-state index in [1.54, 1.807) is 0 Å². The molecular weight excluding hydrogens is 318 g/mol. The molecule has 136 valence electrons. The van der Waals surface area contributed by atoms with Crippen molar-refractivity contribution >= 4 is 11.8 Å². The lowest BCUT2D eigenvalue weighted by molar-refractivity contribution is 0.0799. The second-order valence-corrected chi connectivity index (χ2v) is 7.37. The van der Waals surface area contributed by atoms with E-state index in [-0.39, 0.29) is 0 Å². The van der Waals surface area contributed by atoms with Crippen molar-refractivity contribution in [2.45, 2.75) is 24.3 Å². The van der Waals surface area contributed by atoms with Crippen LogP contribution in [-0.4, -0.2) is 81.1 Å². The number of benzene rings is 1. The zero-order valence-electron chi connectivity index (χ0n) is 15.2. The largest absolute Gasteiger partial charge is 0.380 e. The van der Waals surface area contributed by atoms with Crippen molar-refractivity contribution < 1.29 is 4.74 Å². The van der Waals surface area contributed by atoms with E-state index in [4.69, 9.17) is 4.74 Å². The fourth-order valence-corrected chi connectivity index (χ4v) is 4.01. The second-order valence-electron chi connectivity index (χ2n) is 6.28. The highest BCUT2D eigenvalue weighted by atomic mass is 32.2. The predicted octanol–water partition coefficient (Wildman–Crippen LogP) is 2.41. The minimum atomic E-state index is 0.575. The first kappa shape index (κ1) is 19.7. The molecule has 1 fully saturated rings. The monoisotopic (exact) mass is 351 g/mol. The van der Waals surface area contributed by atoms with Gasteiger partial charge in [0, 0.05) is 56.0 Å². The predicted molar refractivity (Wildman–Crippen MR) is 104 cm³/mol. The van der Waals surface area contributed by atoms with Gasteiger partial charge in [-0.05, 0) is 39.1 Å². The van der Waals surface area contributed by atoms with Gasteiger partial charge >= 0.3 is 0 Å². The molecule has 0 amide bonds. The summed E-state index contributed by atoms with van der Waals surface area (Å²) in [6, 6.07) is 11.3. The van der Waals surface area contributed by atoms with Gasteiger partial charge < -0.3 is 15.0 Å². The molecule has 1 N–H and O–H groups in total. The fourth-order valence-electron chi connectivity index (χ4n) is 2.94. The van der Waals surface area contributed by atoms with Crippen LogP contribution in [0.4, 0.5) is 0 Å². The van der Waals surface area contributed by atoms with Crippen molar-refractivity contribution in [1.82, 2.24) is 15.1 Å². The van der Waals surface area contributed by atoms with Crippen LogP contribution in [-0.2, 0) is 4.74 Å². The van der Waals surface area contributed by atoms with E-state index in [1.807, 2.05) is 11.8 Å². The van der Waals surface area contributed by atoms with Crippen LogP contribution < -0.4 is 5.32 Å². The van der Waals surface area contributed by atoms with Gasteiger partial charge in [0.2, 0.25) is 0 Å². The maximum absolute atomic E-state index is 5.45. The van der Waals surface area contributed by atoms with E-state index < -0.39 is 0 Å². The molecule has 0 bridgehead atoms. The number of piperazine rings is 1. The minimum absolute atomic E-state index is 0.575. The summed E-state index contributed by atoms with van der Waals surface area (Å²) >= 11 is 1.95. The van der Waals surface area contributed by atoms with E-state index >= 15 is 0 Å². The Morgan fingerprint density at radius 2 is 1.75 bits per heavy atom. The molecule has 5 heteroatoms. The summed E-state index contributed by atoms with van der Waals surface area (Å²) in [6.45, 7) is 10.8. The third kappa shape index (κ3) is 7.53. The molecule has 1 aliphatic rings. The molecule has 0 aromatic heterocycles. The Morgan fingerprint density at radius 1 is 1.08 bits per heavy atom. The normalized spacial score (nSPS) is 17.9. The lowest BCUT2D eigenvalue weighted by Crippen LogP contribution is -2.48. The molecule has 0 spiro atoms. The summed E-state index contributed by atoms with van der Waals surface area (Å²) in [4.78, 5) is 6.49. The van der Waals surface area contributed by atoms with Crippen LogP contribution in [0.3, 0.4) is 0 Å². The summed E-state index contributed by atoms with van der Waals surface area (Å²) in [5.41, 5.74) is 0. The lowest BCUT2D eigenvalue weighted by atomic mass is 10.2. The lowest BCUT2D eigenvalue weighted by Gasteiger charge is -2.35. The van der Waals surface area contributed by atoms with Crippen molar-refractivity contribution in [3.05, 3.63) is 30.3 Å². The van der Waals surface area contributed by atoms with E-state index in [2.05, 4.69) is 59.4 Å². The summed E-state index contributed by atoms with van der Waals surface area (Å²) in [6.07, 6.45) is 1.22. The Kier molecular flexibility index (Phi) is 9.76. The smallest absolute Gasteiger partial charge is 0.0593 e. The topological polar surface area (TPSA) is 27.7 Å². The van der Waals surface area contributed by atoms with Crippen LogP contribution in [0, 0.1) is 0 Å². The summed E-state index contributed by atoms with van der Waals surface area (Å²) < 4.78 is 5.45. The zero-order chi connectivity index (χ0) is 17.0. The molecule has 1 unspecified atom stereocenters. The Morgan fingerprint density at radius 3 is 2.38 bits per heavy atom. The van der Waals surface area contributed by atoms with Crippen molar-refractivity contribution in [3.63, 3.8) is 0 Å².